The van der Waals surface area contributed by atoms with Gasteiger partial charge in [0, 0.05) is 42.8 Å². The summed E-state index contributed by atoms with van der Waals surface area (Å²) in [6.07, 6.45) is 0. The van der Waals surface area contributed by atoms with E-state index in [4.69, 9.17) is 14.4 Å². The van der Waals surface area contributed by atoms with Crippen molar-refractivity contribution < 1.29 is 87.9 Å². The molecule has 0 atom stereocenters. The van der Waals surface area contributed by atoms with Crippen molar-refractivity contribution in [3.05, 3.63) is 100 Å². The summed E-state index contributed by atoms with van der Waals surface area (Å²) in [5.74, 6) is -1.93. The van der Waals surface area contributed by atoms with Crippen LogP contribution in [0.3, 0.4) is 0 Å². The van der Waals surface area contributed by atoms with Gasteiger partial charge in [0.05, 0.1) is 51.1 Å². The molecule has 27 heteroatoms. The summed E-state index contributed by atoms with van der Waals surface area (Å²) in [6.45, 7) is -1.76. The number of aromatic nitrogens is 4. The van der Waals surface area contributed by atoms with Gasteiger partial charge >= 0.3 is 56.0 Å². The molecule has 0 fully saturated rings. The van der Waals surface area contributed by atoms with E-state index in [1.807, 2.05) is 10.2 Å². The molecule has 0 saturated heterocycles. The third-order valence-corrected chi connectivity index (χ3v) is 12.0. The van der Waals surface area contributed by atoms with E-state index in [1.54, 1.807) is 30.3 Å². The Morgan fingerprint density at radius 3 is 2.14 bits per heavy atom. The van der Waals surface area contributed by atoms with E-state index in [-0.39, 0.29) is 69.9 Å². The fourth-order valence-electron chi connectivity index (χ4n) is 6.32. The number of carbonyl (C=O) groups excluding carboxylic acids is 1. The molecule has 0 amide bonds. The molecule has 6 aromatic rings. The van der Waals surface area contributed by atoms with Crippen LogP contribution in [0.1, 0.15) is 15.9 Å². The number of aryl methyl sites for hydroxylation is 1. The number of hydroxylamine groups is 1. The van der Waals surface area contributed by atoms with Crippen molar-refractivity contribution in [2.75, 3.05) is 42.3 Å². The number of aromatic hydroxyl groups is 1. The Morgan fingerprint density at radius 1 is 0.746 bits per heavy atom. The van der Waals surface area contributed by atoms with E-state index in [0.29, 0.717) is 22.0 Å². The molecule has 0 radical (unpaired) electrons. The first-order valence-electron chi connectivity index (χ1n) is 17.8. The van der Waals surface area contributed by atoms with E-state index >= 15 is 0 Å². The van der Waals surface area contributed by atoms with Crippen LogP contribution in [-0.2, 0) is 41.9 Å². The molecule has 324 valence electrons. The summed E-state index contributed by atoms with van der Waals surface area (Å²) < 4.78 is 101. The summed E-state index contributed by atoms with van der Waals surface area (Å²) in [5, 5.41) is 37.1. The normalized spacial score (nSPS) is 12.3. The number of anilines is 6. The standard InChI is InChI=1S/C36H33N9O14S3.Na/c1-45-27-9-8-24(32-31(27)23(18-30(45)48)21-4-2-3-5-22(21)33(32)49)40-26-16-19(6-11-29(26)60(51,52)53)39-34-42-35(44-36(50)43-34)41-25-17-20(61(54,55)59-37-12-14-46)7-10-28(25)58-62(56,57)38-13-15-47;/h2-11,16-18,37-38,40,46-47H,12-15H2,1H3,(H,51,52,53)(H3,39,41,42,43,44,50);/q;+1/p-1. The molecule has 0 unspecified atom stereocenters. The van der Waals surface area contributed by atoms with Crippen molar-refractivity contribution in [3.8, 4) is 22.9 Å². The Labute approximate surface area is 379 Å². The van der Waals surface area contributed by atoms with Crippen molar-refractivity contribution in [2.24, 2.45) is 7.05 Å². The third kappa shape index (κ3) is 10.1. The number of rotatable bonds is 17. The molecule has 2 heterocycles. The van der Waals surface area contributed by atoms with Crippen LogP contribution in [0.4, 0.5) is 34.6 Å². The number of benzene rings is 4. The van der Waals surface area contributed by atoms with Crippen LogP contribution < -0.4 is 65.5 Å². The van der Waals surface area contributed by atoms with Crippen molar-refractivity contribution in [2.45, 2.75) is 9.79 Å². The number of nitrogens with one attached hydrogen (secondary N) is 5. The van der Waals surface area contributed by atoms with Gasteiger partial charge in [-0.1, -0.05) is 24.3 Å². The molecule has 4 aromatic carbocycles. The minimum atomic E-state index is -5.17. The van der Waals surface area contributed by atoms with Crippen LogP contribution in [0, 0.1) is 0 Å². The minimum Gasteiger partial charge on any atom is -0.744 e. The Hall–Kier alpha value is -5.62. The number of fused-ring (bicyclic) bond motifs is 2. The fourth-order valence-corrected chi connectivity index (χ4v) is 8.55. The number of nitrogens with zero attached hydrogens (tertiary/aromatic N) is 4. The second-order valence-corrected chi connectivity index (χ2v) is 17.3. The first-order valence-corrected chi connectivity index (χ1v) is 22.0. The van der Waals surface area contributed by atoms with Gasteiger partial charge in [-0.3, -0.25) is 9.59 Å². The molecule has 0 aliphatic heterocycles. The first-order chi connectivity index (χ1) is 29.4. The maximum atomic E-state index is 14.1. The van der Waals surface area contributed by atoms with Crippen LogP contribution in [-0.4, -0.2) is 96.7 Å². The second-order valence-electron chi connectivity index (χ2n) is 13.0. The molecule has 1 aliphatic rings. The largest absolute Gasteiger partial charge is 1.00 e. The van der Waals surface area contributed by atoms with Crippen molar-refractivity contribution in [3.63, 3.8) is 0 Å². The molecule has 2 aromatic heterocycles. The zero-order valence-electron chi connectivity index (χ0n) is 32.7. The van der Waals surface area contributed by atoms with Gasteiger partial charge in [0.2, 0.25) is 11.9 Å². The van der Waals surface area contributed by atoms with Gasteiger partial charge in [-0.15, -0.1) is 0 Å². The number of hydrogen-bond acceptors (Lipinski definition) is 21. The minimum absolute atomic E-state index is 0. The number of ketones is 1. The molecule has 23 nitrogen and oxygen atoms in total. The average Bonchev–Trinajstić information content (AvgIpc) is 3.21. The average molecular weight is 934 g/mol. The van der Waals surface area contributed by atoms with Gasteiger partial charge < -0.3 is 44.6 Å². The molecule has 0 bridgehead atoms. The Morgan fingerprint density at radius 2 is 1.44 bits per heavy atom. The number of carbonyl (C=O) groups is 1. The maximum absolute atomic E-state index is 14.1. The number of aliphatic hydroxyl groups is 2. The molecule has 63 heavy (non-hydrogen) atoms. The molecular weight excluding hydrogens is 902 g/mol. The SMILES string of the molecule is Cn1c(=O)cc2c3c(c(Nc4cc(Nc5nc(O)nc(Nc6cc(S(=O)(=O)ONCCO)ccc6OS(=O)(=O)NCCO)n5)ccc4S(=O)(=O)[O-])ccc31)C(=O)c1ccccc1-2.[Na+]. The molecule has 8 N–H and O–H groups in total. The van der Waals surface area contributed by atoms with E-state index < -0.39 is 95.2 Å². The first kappa shape index (κ1) is 46.9. The van der Waals surface area contributed by atoms with Crippen LogP contribution in [0.25, 0.3) is 22.0 Å². The van der Waals surface area contributed by atoms with Gasteiger partial charge in [-0.25, -0.2) is 8.42 Å². The quantitative estimate of drug-likeness (QED) is 0.0216. The fraction of sp³-hybridized carbons (Fsp3) is 0.139. The predicted molar refractivity (Wildman–Crippen MR) is 218 cm³/mol. The van der Waals surface area contributed by atoms with Crippen LogP contribution in [0.2, 0.25) is 0 Å². The van der Waals surface area contributed by atoms with Gasteiger partial charge in [0.15, 0.2) is 11.5 Å². The number of aliphatic hydroxyl groups excluding tert-OH is 2. The Bertz CT molecular complexity index is 3190. The summed E-state index contributed by atoms with van der Waals surface area (Å²) in [6, 6.07) is 16.2. The summed E-state index contributed by atoms with van der Waals surface area (Å²) in [7, 11) is -12.8. The van der Waals surface area contributed by atoms with Crippen LogP contribution in [0.5, 0.6) is 11.8 Å². The van der Waals surface area contributed by atoms with Crippen LogP contribution >= 0.6 is 0 Å². The number of pyridine rings is 1. The Balaban J connectivity index is 0.00000661. The molecule has 0 spiro atoms. The smallest absolute Gasteiger partial charge is 0.744 e. The molecule has 7 rings (SSSR count). The monoisotopic (exact) mass is 933 g/mol. The maximum Gasteiger partial charge on any atom is 1.00 e. The van der Waals surface area contributed by atoms with Gasteiger partial charge in [0.25, 0.3) is 5.56 Å². The van der Waals surface area contributed by atoms with Gasteiger partial charge in [-0.05, 0) is 59.7 Å². The Kier molecular flexibility index (Phi) is 13.8. The molecular formula is C36H32N9NaO14S3. The van der Waals surface area contributed by atoms with E-state index in [9.17, 15) is 44.5 Å². The van der Waals surface area contributed by atoms with Gasteiger partial charge in [-0.2, -0.15) is 46.3 Å². The van der Waals surface area contributed by atoms with Crippen LogP contribution in [0.15, 0.2) is 93.4 Å². The zero-order chi connectivity index (χ0) is 44.6. The predicted octanol–water partition coefficient (Wildman–Crippen LogP) is -1.81. The van der Waals surface area contributed by atoms with Crippen molar-refractivity contribution >= 4 is 81.9 Å². The topological polar surface area (TPSA) is 343 Å². The van der Waals surface area contributed by atoms with E-state index in [1.165, 1.54) is 35.9 Å². The molecule has 1 aliphatic carbocycles. The second kappa shape index (κ2) is 18.6. The summed E-state index contributed by atoms with van der Waals surface area (Å²) in [4.78, 5) is 37.4. The van der Waals surface area contributed by atoms with Crippen molar-refractivity contribution in [1.29, 1.82) is 0 Å². The summed E-state index contributed by atoms with van der Waals surface area (Å²) in [5.41, 5.74) is 2.87. The zero-order valence-corrected chi connectivity index (χ0v) is 37.1. The third-order valence-electron chi connectivity index (χ3n) is 8.96. The number of hydrogen-bond donors (Lipinski definition) is 8. The summed E-state index contributed by atoms with van der Waals surface area (Å²) >= 11 is 0. The van der Waals surface area contributed by atoms with E-state index in [2.05, 4.69) is 35.2 Å². The van der Waals surface area contributed by atoms with Crippen molar-refractivity contribution in [1.82, 2.24) is 29.7 Å². The van der Waals surface area contributed by atoms with Gasteiger partial charge in [0.1, 0.15) is 10.1 Å². The van der Waals surface area contributed by atoms with E-state index in [0.717, 1.165) is 24.3 Å². The molecule has 0 saturated carbocycles.